The van der Waals surface area contributed by atoms with Crippen molar-refractivity contribution in [3.05, 3.63) is 85.1 Å². The number of aliphatic hydroxyl groups is 1. The number of likely N-dealkylation sites (N-methyl/N-ethyl adjacent to an activating group) is 1. The lowest BCUT2D eigenvalue weighted by Crippen LogP contribution is -2.45. The van der Waals surface area contributed by atoms with Gasteiger partial charge >= 0.3 is 7.82 Å². The van der Waals surface area contributed by atoms with Crippen LogP contribution >= 0.6 is 7.82 Å². The van der Waals surface area contributed by atoms with Gasteiger partial charge in [-0.05, 0) is 83.5 Å². The quantitative estimate of drug-likeness (QED) is 0.0243. The lowest BCUT2D eigenvalue weighted by atomic mass is 10.0. The normalized spacial score (nSPS) is 14.6. The van der Waals surface area contributed by atoms with Crippen LogP contribution in [-0.2, 0) is 18.4 Å². The second-order valence-corrected chi connectivity index (χ2v) is 21.4. The molecule has 0 saturated carbocycles. The van der Waals surface area contributed by atoms with E-state index in [1.807, 2.05) is 27.2 Å². The van der Waals surface area contributed by atoms with Crippen molar-refractivity contribution in [1.82, 2.24) is 5.32 Å². The third-order valence-electron chi connectivity index (χ3n) is 12.1. The van der Waals surface area contributed by atoms with Gasteiger partial charge < -0.3 is 19.8 Å². The van der Waals surface area contributed by atoms with E-state index in [1.165, 1.54) is 141 Å². The first kappa shape index (κ1) is 65.7. The molecule has 0 bridgehead atoms. The fourth-order valence-corrected chi connectivity index (χ4v) is 8.45. The number of nitrogens with zero attached hydrogens (tertiary/aromatic N) is 1. The van der Waals surface area contributed by atoms with Gasteiger partial charge in [0, 0.05) is 6.42 Å². The van der Waals surface area contributed by atoms with E-state index >= 15 is 0 Å². The van der Waals surface area contributed by atoms with Crippen molar-refractivity contribution in [3.63, 3.8) is 0 Å². The number of quaternary nitrogens is 1. The average molecular weight is 972 g/mol. The molecule has 0 aromatic carbocycles. The second-order valence-electron chi connectivity index (χ2n) is 19.9. The van der Waals surface area contributed by atoms with Gasteiger partial charge in [0.25, 0.3) is 0 Å². The molecule has 0 aliphatic rings. The lowest BCUT2D eigenvalue weighted by Gasteiger charge is -2.25. The minimum Gasteiger partial charge on any atom is -0.387 e. The van der Waals surface area contributed by atoms with Crippen molar-refractivity contribution < 1.29 is 32.9 Å². The molecule has 0 fully saturated rings. The summed E-state index contributed by atoms with van der Waals surface area (Å²) in [6.07, 6.45) is 70.0. The summed E-state index contributed by atoms with van der Waals surface area (Å²) >= 11 is 0. The topological polar surface area (TPSA) is 105 Å². The Balaban J connectivity index is 4.26. The molecular formula is C59H108N2O6P+. The van der Waals surface area contributed by atoms with Crippen LogP contribution in [0.5, 0.6) is 0 Å². The number of unbranched alkanes of at least 4 members (excludes halogenated alkanes) is 25. The Kier molecular flexibility index (Phi) is 48.0. The van der Waals surface area contributed by atoms with Crippen LogP contribution in [0.4, 0.5) is 0 Å². The number of allylic oxidation sites excluding steroid dienone is 13. The van der Waals surface area contributed by atoms with Crippen molar-refractivity contribution in [1.29, 1.82) is 0 Å². The zero-order valence-electron chi connectivity index (χ0n) is 44.8. The Morgan fingerprint density at radius 3 is 1.35 bits per heavy atom. The molecule has 0 aliphatic carbocycles. The number of nitrogens with one attached hydrogen (secondary N) is 1. The molecule has 394 valence electrons. The van der Waals surface area contributed by atoms with Gasteiger partial charge in [0.05, 0.1) is 39.9 Å². The minimum atomic E-state index is -4.37. The zero-order chi connectivity index (χ0) is 49.9. The highest BCUT2D eigenvalue weighted by molar-refractivity contribution is 7.47. The molecule has 0 aliphatic heterocycles. The van der Waals surface area contributed by atoms with Crippen LogP contribution < -0.4 is 5.32 Å². The number of carbonyl (C=O) groups excluding carboxylic acids is 1. The second kappa shape index (κ2) is 49.7. The molecule has 9 heteroatoms. The standard InChI is InChI=1S/C59H107N2O6P/c1-6-8-10-12-14-16-18-20-22-23-24-25-26-27-28-29-30-31-32-33-34-35-36-37-39-40-42-44-46-48-50-52-58(62)57(56-67-68(64,65)66-55-54-61(3,4)5)60-59(63)53-51-49-47-45-43-41-38-21-19-17-15-13-11-9-7-2/h9,11,15,17,21,36-38,42-45,50,52,57-58,62H,6-8,10,12-14,16,18-20,22-35,39-41,46-49,51,53-56H2,1-5H3,(H-,60,63,64,65)/p+1/b11-9-,17-15-,37-36+,38-21-,44-42+,45-43-,52-50+. The zero-order valence-corrected chi connectivity index (χ0v) is 45.7. The molecule has 1 amide bonds. The fraction of sp³-hybridized carbons (Fsp3) is 0.746. The minimum absolute atomic E-state index is 0.0412. The molecule has 0 aromatic rings. The van der Waals surface area contributed by atoms with Crippen LogP contribution in [0.15, 0.2) is 85.1 Å². The largest absolute Gasteiger partial charge is 0.472 e. The predicted octanol–water partition coefficient (Wildman–Crippen LogP) is 16.9. The molecule has 0 radical (unpaired) electrons. The summed E-state index contributed by atoms with van der Waals surface area (Å²) in [4.78, 5) is 23.2. The van der Waals surface area contributed by atoms with Crippen LogP contribution in [0.2, 0.25) is 0 Å². The molecule has 0 spiro atoms. The van der Waals surface area contributed by atoms with E-state index in [1.54, 1.807) is 6.08 Å². The number of aliphatic hydroxyl groups excluding tert-OH is 1. The van der Waals surface area contributed by atoms with Crippen LogP contribution in [-0.4, -0.2) is 73.4 Å². The molecule has 0 saturated heterocycles. The number of phosphoric acid groups is 1. The number of carbonyl (C=O) groups is 1. The van der Waals surface area contributed by atoms with Crippen molar-refractivity contribution in [2.24, 2.45) is 0 Å². The third kappa shape index (κ3) is 51.5. The van der Waals surface area contributed by atoms with E-state index in [0.29, 0.717) is 17.4 Å². The summed E-state index contributed by atoms with van der Waals surface area (Å²) in [6.45, 7) is 4.64. The summed E-state index contributed by atoms with van der Waals surface area (Å²) in [6, 6.07) is -0.897. The summed E-state index contributed by atoms with van der Waals surface area (Å²) in [5, 5.41) is 13.8. The Labute approximate surface area is 420 Å². The van der Waals surface area contributed by atoms with Gasteiger partial charge in [-0.15, -0.1) is 0 Å². The molecule has 3 unspecified atom stereocenters. The molecule has 0 heterocycles. The summed E-state index contributed by atoms with van der Waals surface area (Å²) in [5.41, 5.74) is 0. The van der Waals surface area contributed by atoms with Gasteiger partial charge in [0.2, 0.25) is 5.91 Å². The van der Waals surface area contributed by atoms with E-state index in [9.17, 15) is 19.4 Å². The average Bonchev–Trinajstić information content (AvgIpc) is 3.30. The Hall–Kier alpha value is -2.32. The highest BCUT2D eigenvalue weighted by Gasteiger charge is 2.27. The van der Waals surface area contributed by atoms with Crippen LogP contribution in [0.1, 0.15) is 232 Å². The highest BCUT2D eigenvalue weighted by atomic mass is 31.2. The van der Waals surface area contributed by atoms with Crippen LogP contribution in [0.3, 0.4) is 0 Å². The van der Waals surface area contributed by atoms with Crippen molar-refractivity contribution in [3.8, 4) is 0 Å². The van der Waals surface area contributed by atoms with Gasteiger partial charge in [0.15, 0.2) is 0 Å². The summed E-state index contributed by atoms with van der Waals surface area (Å²) in [7, 11) is 1.51. The Bertz CT molecular complexity index is 1380. The maximum absolute atomic E-state index is 12.9. The first-order chi connectivity index (χ1) is 33.0. The molecule has 68 heavy (non-hydrogen) atoms. The smallest absolute Gasteiger partial charge is 0.387 e. The van der Waals surface area contributed by atoms with Crippen molar-refractivity contribution >= 4 is 13.7 Å². The SMILES string of the molecule is CC/C=C\C/C=C\C/C=C\C/C=C\CCCCC(=O)NC(COP(=O)(O)OCC[N+](C)(C)C)C(O)/C=C/CC/C=C/CC/C=C/CCCCCCCCCCCCCCCCCCCCCCC. The van der Waals surface area contributed by atoms with Gasteiger partial charge in [-0.3, -0.25) is 13.8 Å². The molecule has 3 atom stereocenters. The first-order valence-electron chi connectivity index (χ1n) is 28.0. The van der Waals surface area contributed by atoms with Gasteiger partial charge in [-0.2, -0.15) is 0 Å². The number of hydrogen-bond acceptors (Lipinski definition) is 5. The van der Waals surface area contributed by atoms with E-state index in [0.717, 1.165) is 64.2 Å². The Morgan fingerprint density at radius 1 is 0.515 bits per heavy atom. The fourth-order valence-electron chi connectivity index (χ4n) is 7.71. The van der Waals surface area contributed by atoms with Gasteiger partial charge in [0.1, 0.15) is 13.2 Å². The number of amides is 1. The lowest BCUT2D eigenvalue weighted by molar-refractivity contribution is -0.870. The number of hydrogen-bond donors (Lipinski definition) is 3. The molecule has 0 rings (SSSR count). The van der Waals surface area contributed by atoms with E-state index < -0.39 is 20.0 Å². The maximum Gasteiger partial charge on any atom is 0.472 e. The van der Waals surface area contributed by atoms with Crippen LogP contribution in [0.25, 0.3) is 0 Å². The van der Waals surface area contributed by atoms with E-state index in [4.69, 9.17) is 9.05 Å². The molecular weight excluding hydrogens is 864 g/mol. The maximum atomic E-state index is 12.9. The number of phosphoric ester groups is 1. The van der Waals surface area contributed by atoms with E-state index in [-0.39, 0.29) is 25.5 Å². The number of rotatable bonds is 50. The third-order valence-corrected chi connectivity index (χ3v) is 13.1. The summed E-state index contributed by atoms with van der Waals surface area (Å²) in [5.74, 6) is -0.234. The van der Waals surface area contributed by atoms with E-state index in [2.05, 4.69) is 92.1 Å². The molecule has 0 aromatic heterocycles. The van der Waals surface area contributed by atoms with Gasteiger partial charge in [-0.1, -0.05) is 227 Å². The van der Waals surface area contributed by atoms with Crippen LogP contribution in [0, 0.1) is 0 Å². The van der Waals surface area contributed by atoms with Gasteiger partial charge in [-0.25, -0.2) is 4.57 Å². The monoisotopic (exact) mass is 972 g/mol. The molecule has 3 N–H and O–H groups in total. The first-order valence-corrected chi connectivity index (χ1v) is 29.5. The predicted molar refractivity (Wildman–Crippen MR) is 295 cm³/mol. The Morgan fingerprint density at radius 2 is 0.897 bits per heavy atom. The summed E-state index contributed by atoms with van der Waals surface area (Å²) < 4.78 is 23.6. The highest BCUT2D eigenvalue weighted by Crippen LogP contribution is 2.43. The van der Waals surface area contributed by atoms with Crippen molar-refractivity contribution in [2.45, 2.75) is 244 Å². The molecule has 8 nitrogen and oxygen atoms in total. The van der Waals surface area contributed by atoms with Crippen molar-refractivity contribution in [2.75, 3.05) is 40.9 Å².